The van der Waals surface area contributed by atoms with Gasteiger partial charge in [0.05, 0.1) is 19.8 Å². The van der Waals surface area contributed by atoms with E-state index >= 15 is 0 Å². The summed E-state index contributed by atoms with van der Waals surface area (Å²) in [7, 11) is 2.97. The number of anilines is 1. The highest BCUT2D eigenvalue weighted by Gasteiger charge is 2.34. The summed E-state index contributed by atoms with van der Waals surface area (Å²) < 4.78 is 10.3. The summed E-state index contributed by atoms with van der Waals surface area (Å²) >= 11 is 1.49. The first-order valence-electron chi connectivity index (χ1n) is 10.1. The first-order valence-corrected chi connectivity index (χ1v) is 10.9. The number of esters is 1. The highest BCUT2D eigenvalue weighted by atomic mass is 32.1. The van der Waals surface area contributed by atoms with E-state index in [9.17, 15) is 9.59 Å². The van der Waals surface area contributed by atoms with E-state index in [1.165, 1.54) is 29.4 Å². The van der Waals surface area contributed by atoms with Crippen LogP contribution in [0.1, 0.15) is 53.6 Å². The lowest BCUT2D eigenvalue weighted by Gasteiger charge is -2.33. The van der Waals surface area contributed by atoms with Crippen LogP contribution in [0.15, 0.2) is 30.3 Å². The molecular formula is C24H29NO4S. The van der Waals surface area contributed by atoms with Crippen LogP contribution in [-0.2, 0) is 22.4 Å². The lowest BCUT2D eigenvalue weighted by atomic mass is 9.72. The van der Waals surface area contributed by atoms with Crippen molar-refractivity contribution in [2.24, 2.45) is 11.3 Å². The van der Waals surface area contributed by atoms with E-state index in [1.54, 1.807) is 13.2 Å². The molecule has 1 aromatic carbocycles. The van der Waals surface area contributed by atoms with E-state index in [4.69, 9.17) is 9.47 Å². The summed E-state index contributed by atoms with van der Waals surface area (Å²) in [4.78, 5) is 26.3. The number of benzene rings is 1. The zero-order valence-corrected chi connectivity index (χ0v) is 19.0. The maximum absolute atomic E-state index is 12.6. The summed E-state index contributed by atoms with van der Waals surface area (Å²) in [6.45, 7) is 6.76. The van der Waals surface area contributed by atoms with Crippen molar-refractivity contribution in [3.05, 3.63) is 51.9 Å². The monoisotopic (exact) mass is 427 g/mol. The van der Waals surface area contributed by atoms with Crippen molar-refractivity contribution in [1.29, 1.82) is 0 Å². The number of rotatable bonds is 5. The number of carbonyl (C=O) groups is 2. The lowest BCUT2D eigenvalue weighted by Crippen LogP contribution is -2.26. The molecule has 1 amide bonds. The summed E-state index contributed by atoms with van der Waals surface area (Å²) in [5.41, 5.74) is 2.54. The molecule has 1 unspecified atom stereocenters. The van der Waals surface area contributed by atoms with Gasteiger partial charge in [0, 0.05) is 16.5 Å². The molecule has 1 N–H and O–H groups in total. The number of ether oxygens (including phenoxy) is 2. The van der Waals surface area contributed by atoms with Crippen LogP contribution in [0.2, 0.25) is 0 Å². The second kappa shape index (κ2) is 9.04. The van der Waals surface area contributed by atoms with Gasteiger partial charge < -0.3 is 14.8 Å². The first-order chi connectivity index (χ1) is 14.2. The van der Waals surface area contributed by atoms with Crippen LogP contribution in [0.25, 0.3) is 6.08 Å². The molecule has 3 rings (SSSR count). The van der Waals surface area contributed by atoms with E-state index in [1.807, 2.05) is 24.3 Å². The SMILES string of the molecule is COC(=O)c1c(NC(=O)C=Cc2ccccc2OC)sc2c1CCC(C(C)(C)C)C2. The molecule has 2 aromatic rings. The van der Waals surface area contributed by atoms with Crippen molar-refractivity contribution in [3.63, 3.8) is 0 Å². The minimum atomic E-state index is -0.397. The average molecular weight is 428 g/mol. The molecule has 0 spiro atoms. The van der Waals surface area contributed by atoms with Crippen LogP contribution in [-0.4, -0.2) is 26.1 Å². The molecule has 30 heavy (non-hydrogen) atoms. The number of fused-ring (bicyclic) bond motifs is 1. The predicted molar refractivity (Wildman–Crippen MR) is 121 cm³/mol. The minimum Gasteiger partial charge on any atom is -0.496 e. The predicted octanol–water partition coefficient (Wildman–Crippen LogP) is 5.35. The Morgan fingerprint density at radius 3 is 2.60 bits per heavy atom. The molecule has 1 aromatic heterocycles. The molecule has 1 atom stereocenters. The molecule has 0 bridgehead atoms. The van der Waals surface area contributed by atoms with Gasteiger partial charge in [0.25, 0.3) is 0 Å². The van der Waals surface area contributed by atoms with Gasteiger partial charge in [-0.2, -0.15) is 0 Å². The van der Waals surface area contributed by atoms with E-state index < -0.39 is 5.97 Å². The molecule has 5 nitrogen and oxygen atoms in total. The van der Waals surface area contributed by atoms with Crippen LogP contribution in [0.3, 0.4) is 0 Å². The van der Waals surface area contributed by atoms with Gasteiger partial charge >= 0.3 is 5.97 Å². The topological polar surface area (TPSA) is 64.6 Å². The second-order valence-corrected chi connectivity index (χ2v) is 9.67. The smallest absolute Gasteiger partial charge is 0.341 e. The van der Waals surface area contributed by atoms with Gasteiger partial charge in [0.2, 0.25) is 5.91 Å². The normalized spacial score (nSPS) is 16.2. The number of methoxy groups -OCH3 is 2. The fourth-order valence-corrected chi connectivity index (χ4v) is 5.17. The fraction of sp³-hybridized carbons (Fsp3) is 0.417. The Bertz CT molecular complexity index is 968. The summed E-state index contributed by atoms with van der Waals surface area (Å²) in [6, 6.07) is 7.47. The molecule has 0 aliphatic heterocycles. The molecule has 1 aliphatic carbocycles. The molecule has 1 heterocycles. The molecule has 160 valence electrons. The Morgan fingerprint density at radius 1 is 1.20 bits per heavy atom. The van der Waals surface area contributed by atoms with Crippen LogP contribution in [0.5, 0.6) is 5.75 Å². The molecule has 0 saturated carbocycles. The van der Waals surface area contributed by atoms with Gasteiger partial charge in [-0.05, 0) is 48.3 Å². The van der Waals surface area contributed by atoms with Gasteiger partial charge in [-0.15, -0.1) is 11.3 Å². The number of para-hydroxylation sites is 1. The van der Waals surface area contributed by atoms with Gasteiger partial charge in [-0.25, -0.2) is 4.79 Å². The number of hydrogen-bond acceptors (Lipinski definition) is 5. The fourth-order valence-electron chi connectivity index (χ4n) is 3.85. The van der Waals surface area contributed by atoms with Crippen LogP contribution < -0.4 is 10.1 Å². The Hall–Kier alpha value is -2.60. The molecule has 1 aliphatic rings. The Labute approximate surface area is 182 Å². The maximum Gasteiger partial charge on any atom is 0.341 e. The number of hydrogen-bond donors (Lipinski definition) is 1. The zero-order chi connectivity index (χ0) is 21.9. The Morgan fingerprint density at radius 2 is 1.93 bits per heavy atom. The third kappa shape index (κ3) is 4.75. The van der Waals surface area contributed by atoms with Crippen LogP contribution >= 0.6 is 11.3 Å². The molecular weight excluding hydrogens is 398 g/mol. The minimum absolute atomic E-state index is 0.202. The number of nitrogens with one attached hydrogen (secondary N) is 1. The summed E-state index contributed by atoms with van der Waals surface area (Å²) in [5.74, 6) is 0.544. The third-order valence-electron chi connectivity index (χ3n) is 5.67. The van der Waals surface area contributed by atoms with Gasteiger partial charge in [-0.3, -0.25) is 4.79 Å². The van der Waals surface area contributed by atoms with Crippen molar-refractivity contribution in [2.75, 3.05) is 19.5 Å². The highest BCUT2D eigenvalue weighted by Crippen LogP contribution is 2.44. The summed E-state index contributed by atoms with van der Waals surface area (Å²) in [6.07, 6.45) is 5.93. The average Bonchev–Trinajstić information content (AvgIpc) is 3.08. The Balaban J connectivity index is 1.85. The Kier molecular flexibility index (Phi) is 6.66. The second-order valence-electron chi connectivity index (χ2n) is 8.57. The lowest BCUT2D eigenvalue weighted by molar-refractivity contribution is -0.111. The van der Waals surface area contributed by atoms with E-state index in [-0.39, 0.29) is 11.3 Å². The van der Waals surface area contributed by atoms with E-state index in [2.05, 4.69) is 26.1 Å². The highest BCUT2D eigenvalue weighted by molar-refractivity contribution is 7.17. The number of carbonyl (C=O) groups excluding carboxylic acids is 2. The van der Waals surface area contributed by atoms with Crippen molar-refractivity contribution < 1.29 is 19.1 Å². The van der Waals surface area contributed by atoms with Gasteiger partial charge in [-0.1, -0.05) is 39.0 Å². The van der Waals surface area contributed by atoms with Crippen molar-refractivity contribution in [1.82, 2.24) is 0 Å². The molecule has 6 heteroatoms. The maximum atomic E-state index is 12.6. The van der Waals surface area contributed by atoms with E-state index in [0.29, 0.717) is 22.2 Å². The largest absolute Gasteiger partial charge is 0.496 e. The zero-order valence-electron chi connectivity index (χ0n) is 18.2. The van der Waals surface area contributed by atoms with Crippen molar-refractivity contribution in [3.8, 4) is 5.75 Å². The van der Waals surface area contributed by atoms with Gasteiger partial charge in [0.1, 0.15) is 10.8 Å². The first kappa shape index (κ1) is 22.1. The van der Waals surface area contributed by atoms with Crippen LogP contribution in [0, 0.1) is 11.3 Å². The van der Waals surface area contributed by atoms with Crippen molar-refractivity contribution in [2.45, 2.75) is 40.0 Å². The van der Waals surface area contributed by atoms with E-state index in [0.717, 1.165) is 30.4 Å². The number of thiophene rings is 1. The quantitative estimate of drug-likeness (QED) is 0.516. The third-order valence-corrected chi connectivity index (χ3v) is 6.84. The van der Waals surface area contributed by atoms with Gasteiger partial charge in [0.15, 0.2) is 0 Å². The molecule has 0 saturated heterocycles. The molecule has 0 radical (unpaired) electrons. The van der Waals surface area contributed by atoms with Crippen molar-refractivity contribution >= 4 is 34.3 Å². The molecule has 0 fully saturated rings. The summed E-state index contributed by atoms with van der Waals surface area (Å²) in [5, 5.41) is 3.46. The van der Waals surface area contributed by atoms with Crippen LogP contribution in [0.4, 0.5) is 5.00 Å². The number of amides is 1. The standard InChI is InChI=1S/C24H29NO4S/c1-24(2,3)16-11-12-17-19(14-16)30-22(21(17)23(27)29-5)25-20(26)13-10-15-8-6-7-9-18(15)28-4/h6-10,13,16H,11-12,14H2,1-5H3,(H,25,26).